The van der Waals surface area contributed by atoms with Gasteiger partial charge in [0.05, 0.1) is 6.54 Å². The Hall–Kier alpha value is -3.22. The van der Waals surface area contributed by atoms with Gasteiger partial charge in [0.2, 0.25) is 12.7 Å². The van der Waals surface area contributed by atoms with Crippen LogP contribution in [-0.2, 0) is 17.8 Å². The summed E-state index contributed by atoms with van der Waals surface area (Å²) in [6.45, 7) is 5.92. The Bertz CT molecular complexity index is 834. The van der Waals surface area contributed by atoms with E-state index >= 15 is 0 Å². The molecule has 3 rings (SSSR count). The minimum atomic E-state index is -0.0663. The zero-order chi connectivity index (χ0) is 19.8. The first kappa shape index (κ1) is 19.5. The molecular formula is C21H26N4O3. The fourth-order valence-corrected chi connectivity index (χ4v) is 2.83. The second kappa shape index (κ2) is 9.64. The van der Waals surface area contributed by atoms with Crippen molar-refractivity contribution < 1.29 is 14.3 Å². The molecule has 0 aliphatic carbocycles. The highest BCUT2D eigenvalue weighted by molar-refractivity contribution is 5.88. The van der Waals surface area contributed by atoms with Gasteiger partial charge in [-0.3, -0.25) is 4.79 Å². The molecule has 28 heavy (non-hydrogen) atoms. The molecule has 7 nitrogen and oxygen atoms in total. The average Bonchev–Trinajstić information content (AvgIpc) is 3.15. The molecule has 0 bridgehead atoms. The Labute approximate surface area is 165 Å². The normalized spacial score (nSPS) is 12.6. The Kier molecular flexibility index (Phi) is 6.73. The first-order chi connectivity index (χ1) is 13.6. The number of hydrogen-bond donors (Lipinski definition) is 3. The number of aliphatic imine (C=N–C) groups is 1. The third kappa shape index (κ3) is 5.64. The number of anilines is 1. The Morgan fingerprint density at radius 1 is 1.04 bits per heavy atom. The number of nitrogens with one attached hydrogen (secondary N) is 3. The number of fused-ring (bicyclic) bond motifs is 1. The van der Waals surface area contributed by atoms with E-state index in [9.17, 15) is 4.79 Å². The van der Waals surface area contributed by atoms with Crippen molar-refractivity contribution in [3.05, 3.63) is 53.6 Å². The van der Waals surface area contributed by atoms with Gasteiger partial charge in [0.1, 0.15) is 0 Å². The van der Waals surface area contributed by atoms with E-state index in [1.165, 1.54) is 12.5 Å². The molecule has 0 spiro atoms. The molecule has 0 saturated heterocycles. The number of rotatable bonds is 7. The van der Waals surface area contributed by atoms with Crippen molar-refractivity contribution >= 4 is 17.6 Å². The third-order valence-corrected chi connectivity index (χ3v) is 4.18. The molecule has 1 amide bonds. The first-order valence-corrected chi connectivity index (χ1v) is 9.41. The maximum Gasteiger partial charge on any atom is 0.231 e. The number of nitrogens with zero attached hydrogens (tertiary/aromatic N) is 1. The number of guanidine groups is 1. The number of ether oxygens (including phenoxy) is 2. The van der Waals surface area contributed by atoms with E-state index in [1.807, 2.05) is 49.4 Å². The maximum atomic E-state index is 11.1. The smallest absolute Gasteiger partial charge is 0.231 e. The van der Waals surface area contributed by atoms with Crippen LogP contribution in [0.15, 0.2) is 47.5 Å². The molecule has 1 heterocycles. The fourth-order valence-electron chi connectivity index (χ4n) is 2.83. The summed E-state index contributed by atoms with van der Waals surface area (Å²) in [7, 11) is 0. The van der Waals surface area contributed by atoms with Crippen molar-refractivity contribution in [3.63, 3.8) is 0 Å². The summed E-state index contributed by atoms with van der Waals surface area (Å²) in [5.41, 5.74) is 3.06. The molecule has 148 valence electrons. The second-order valence-electron chi connectivity index (χ2n) is 6.44. The van der Waals surface area contributed by atoms with Crippen molar-refractivity contribution in [2.24, 2.45) is 4.99 Å². The summed E-state index contributed by atoms with van der Waals surface area (Å²) >= 11 is 0. The number of amides is 1. The highest BCUT2D eigenvalue weighted by Crippen LogP contribution is 2.32. The van der Waals surface area contributed by atoms with Crippen LogP contribution in [-0.4, -0.2) is 31.7 Å². The van der Waals surface area contributed by atoms with Gasteiger partial charge in [0.15, 0.2) is 17.5 Å². The van der Waals surface area contributed by atoms with Crippen LogP contribution in [0.3, 0.4) is 0 Å². The number of benzene rings is 2. The summed E-state index contributed by atoms with van der Waals surface area (Å²) in [5.74, 6) is 2.26. The largest absolute Gasteiger partial charge is 0.454 e. The number of carbonyl (C=O) groups excluding carboxylic acids is 1. The topological polar surface area (TPSA) is 84.0 Å². The van der Waals surface area contributed by atoms with Crippen LogP contribution in [0.4, 0.5) is 5.69 Å². The lowest BCUT2D eigenvalue weighted by Gasteiger charge is -2.12. The van der Waals surface area contributed by atoms with E-state index in [1.54, 1.807) is 0 Å². The minimum absolute atomic E-state index is 0.0663. The summed E-state index contributed by atoms with van der Waals surface area (Å²) in [5, 5.41) is 9.38. The molecule has 0 unspecified atom stereocenters. The SMILES string of the molecule is CCNC(=NCc1ccc2c(c1)OCO2)NCCc1ccc(NC(C)=O)cc1. The predicted octanol–water partition coefficient (Wildman–Crippen LogP) is 2.67. The van der Waals surface area contributed by atoms with Gasteiger partial charge in [-0.05, 0) is 48.7 Å². The molecule has 1 aliphatic rings. The summed E-state index contributed by atoms with van der Waals surface area (Å²) in [4.78, 5) is 15.7. The summed E-state index contributed by atoms with van der Waals surface area (Å²) < 4.78 is 10.7. The molecule has 0 radical (unpaired) electrons. The van der Waals surface area contributed by atoms with Gasteiger partial charge in [-0.1, -0.05) is 18.2 Å². The van der Waals surface area contributed by atoms with Crippen molar-refractivity contribution in [1.29, 1.82) is 0 Å². The van der Waals surface area contributed by atoms with E-state index in [0.29, 0.717) is 6.54 Å². The van der Waals surface area contributed by atoms with E-state index < -0.39 is 0 Å². The number of hydrogen-bond acceptors (Lipinski definition) is 4. The van der Waals surface area contributed by atoms with Crippen LogP contribution in [0.2, 0.25) is 0 Å². The third-order valence-electron chi connectivity index (χ3n) is 4.18. The van der Waals surface area contributed by atoms with Crippen molar-refractivity contribution in [3.8, 4) is 11.5 Å². The van der Waals surface area contributed by atoms with Gasteiger partial charge in [0.25, 0.3) is 0 Å². The van der Waals surface area contributed by atoms with Gasteiger partial charge in [0, 0.05) is 25.7 Å². The zero-order valence-electron chi connectivity index (χ0n) is 16.2. The van der Waals surface area contributed by atoms with Gasteiger partial charge < -0.3 is 25.4 Å². The lowest BCUT2D eigenvalue weighted by Crippen LogP contribution is -2.38. The lowest BCUT2D eigenvalue weighted by atomic mass is 10.1. The van der Waals surface area contributed by atoms with Gasteiger partial charge in [-0.2, -0.15) is 0 Å². The molecule has 0 atom stereocenters. The van der Waals surface area contributed by atoms with Gasteiger partial charge in [-0.15, -0.1) is 0 Å². The van der Waals surface area contributed by atoms with E-state index in [4.69, 9.17) is 9.47 Å². The van der Waals surface area contributed by atoms with Gasteiger partial charge in [-0.25, -0.2) is 4.99 Å². The molecule has 2 aromatic rings. The molecule has 7 heteroatoms. The molecular weight excluding hydrogens is 356 g/mol. The van der Waals surface area contributed by atoms with E-state index in [2.05, 4.69) is 20.9 Å². The molecule has 2 aromatic carbocycles. The maximum absolute atomic E-state index is 11.1. The van der Waals surface area contributed by atoms with Crippen LogP contribution in [0.1, 0.15) is 25.0 Å². The van der Waals surface area contributed by atoms with Crippen molar-refractivity contribution in [2.75, 3.05) is 25.2 Å². The Balaban J connectivity index is 1.51. The minimum Gasteiger partial charge on any atom is -0.454 e. The number of carbonyl (C=O) groups is 1. The summed E-state index contributed by atoms with van der Waals surface area (Å²) in [6.07, 6.45) is 0.856. The Morgan fingerprint density at radius 2 is 1.79 bits per heavy atom. The Morgan fingerprint density at radius 3 is 2.54 bits per heavy atom. The van der Waals surface area contributed by atoms with Crippen LogP contribution >= 0.6 is 0 Å². The monoisotopic (exact) mass is 382 g/mol. The molecule has 3 N–H and O–H groups in total. The molecule has 1 aliphatic heterocycles. The predicted molar refractivity (Wildman–Crippen MR) is 110 cm³/mol. The molecule has 0 fully saturated rings. The highest BCUT2D eigenvalue weighted by atomic mass is 16.7. The first-order valence-electron chi connectivity index (χ1n) is 9.41. The van der Waals surface area contributed by atoms with Crippen LogP contribution < -0.4 is 25.4 Å². The van der Waals surface area contributed by atoms with Gasteiger partial charge >= 0.3 is 0 Å². The van der Waals surface area contributed by atoms with Crippen LogP contribution in [0, 0.1) is 0 Å². The summed E-state index contributed by atoms with van der Waals surface area (Å²) in [6, 6.07) is 13.7. The second-order valence-corrected chi connectivity index (χ2v) is 6.44. The zero-order valence-corrected chi connectivity index (χ0v) is 16.2. The molecule has 0 saturated carbocycles. The van der Waals surface area contributed by atoms with Crippen molar-refractivity contribution in [1.82, 2.24) is 10.6 Å². The van der Waals surface area contributed by atoms with Crippen molar-refractivity contribution in [2.45, 2.75) is 26.8 Å². The highest BCUT2D eigenvalue weighted by Gasteiger charge is 2.12. The van der Waals surface area contributed by atoms with Crippen LogP contribution in [0.25, 0.3) is 0 Å². The average molecular weight is 382 g/mol. The van der Waals surface area contributed by atoms with E-state index in [0.717, 1.165) is 48.2 Å². The standard InChI is InChI=1S/C21H26N4O3/c1-3-22-21(24-13-17-6-9-19-20(12-17)28-14-27-19)23-11-10-16-4-7-18(8-5-16)25-15(2)26/h4-9,12H,3,10-11,13-14H2,1-2H3,(H,25,26)(H2,22,23,24). The quantitative estimate of drug-likeness (QED) is 0.507. The van der Waals surface area contributed by atoms with Crippen LogP contribution in [0.5, 0.6) is 11.5 Å². The molecule has 0 aromatic heterocycles. The fraction of sp³-hybridized carbons (Fsp3) is 0.333. The van der Waals surface area contributed by atoms with E-state index in [-0.39, 0.29) is 12.7 Å². The lowest BCUT2D eigenvalue weighted by molar-refractivity contribution is -0.114.